The number of H-pyrrole nitrogens is 1. The first-order valence-corrected chi connectivity index (χ1v) is 7.71. The summed E-state index contributed by atoms with van der Waals surface area (Å²) in [5.74, 6) is -0.698. The minimum Gasteiger partial charge on any atom is -0.334 e. The van der Waals surface area contributed by atoms with E-state index in [1.807, 2.05) is 0 Å². The first kappa shape index (κ1) is 15.7. The molecule has 2 heterocycles. The van der Waals surface area contributed by atoms with Crippen LogP contribution in [-0.2, 0) is 11.2 Å². The van der Waals surface area contributed by atoms with Crippen LogP contribution in [0.2, 0.25) is 5.02 Å². The first-order chi connectivity index (χ1) is 11.1. The minimum atomic E-state index is -0.487. The molecule has 0 spiro atoms. The van der Waals surface area contributed by atoms with Gasteiger partial charge in [0.25, 0.3) is 0 Å². The summed E-state index contributed by atoms with van der Waals surface area (Å²) in [6.07, 6.45) is 2.89. The molecule has 2 aromatic rings. The number of hydrogen-bond acceptors (Lipinski definition) is 3. The zero-order valence-electron chi connectivity index (χ0n) is 12.3. The van der Waals surface area contributed by atoms with Gasteiger partial charge in [-0.3, -0.25) is 4.79 Å². The molecule has 5 nitrogen and oxygen atoms in total. The summed E-state index contributed by atoms with van der Waals surface area (Å²) in [4.78, 5) is 31.9. The SMILES string of the molecule is O=C(Cc1c(F)cccc1Cl)N1CCC[C@@H]1c1ccnc(=O)[nH]1. The number of carbonyl (C=O) groups is 1. The van der Waals surface area contributed by atoms with Crippen molar-refractivity contribution in [3.63, 3.8) is 0 Å². The van der Waals surface area contributed by atoms with Gasteiger partial charge in [-0.25, -0.2) is 14.2 Å². The van der Waals surface area contributed by atoms with Gasteiger partial charge >= 0.3 is 5.69 Å². The number of halogens is 2. The largest absolute Gasteiger partial charge is 0.345 e. The quantitative estimate of drug-likeness (QED) is 0.937. The Morgan fingerprint density at radius 3 is 3.00 bits per heavy atom. The number of benzene rings is 1. The lowest BCUT2D eigenvalue weighted by Gasteiger charge is -2.25. The molecule has 0 aliphatic carbocycles. The molecule has 1 aromatic heterocycles. The number of nitrogens with zero attached hydrogens (tertiary/aromatic N) is 2. The molecule has 1 amide bonds. The van der Waals surface area contributed by atoms with Crippen LogP contribution in [0.25, 0.3) is 0 Å². The number of hydrogen-bond donors (Lipinski definition) is 1. The molecule has 1 aliphatic heterocycles. The van der Waals surface area contributed by atoms with E-state index in [2.05, 4.69) is 9.97 Å². The zero-order valence-corrected chi connectivity index (χ0v) is 13.0. The van der Waals surface area contributed by atoms with E-state index in [4.69, 9.17) is 11.6 Å². The third-order valence-corrected chi connectivity index (χ3v) is 4.37. The number of carbonyl (C=O) groups excluding carboxylic acids is 1. The van der Waals surface area contributed by atoms with E-state index < -0.39 is 11.5 Å². The lowest BCUT2D eigenvalue weighted by atomic mass is 10.1. The standard InChI is InChI=1S/C16H15ClFN3O2/c17-11-3-1-4-12(18)10(11)9-15(22)21-8-2-5-14(21)13-6-7-19-16(23)20-13/h1,3-4,6-7,14H,2,5,8-9H2,(H,19,20,23)/t14-/m1/s1. The Hall–Kier alpha value is -2.21. The third-order valence-electron chi connectivity index (χ3n) is 4.02. The van der Waals surface area contributed by atoms with E-state index in [9.17, 15) is 14.0 Å². The highest BCUT2D eigenvalue weighted by Crippen LogP contribution is 2.31. The monoisotopic (exact) mass is 335 g/mol. The van der Waals surface area contributed by atoms with E-state index in [0.717, 1.165) is 12.8 Å². The maximum atomic E-state index is 13.9. The van der Waals surface area contributed by atoms with Gasteiger partial charge in [0.05, 0.1) is 12.5 Å². The van der Waals surface area contributed by atoms with Gasteiger partial charge in [0.1, 0.15) is 5.82 Å². The minimum absolute atomic E-state index is 0.0999. The van der Waals surface area contributed by atoms with Crippen molar-refractivity contribution in [3.8, 4) is 0 Å². The van der Waals surface area contributed by atoms with Crippen LogP contribution in [0.15, 0.2) is 35.3 Å². The van der Waals surface area contributed by atoms with Crippen molar-refractivity contribution < 1.29 is 9.18 Å². The summed E-state index contributed by atoms with van der Waals surface area (Å²) in [6, 6.07) is 5.83. The fourth-order valence-electron chi connectivity index (χ4n) is 2.92. The molecule has 1 aromatic carbocycles. The lowest BCUT2D eigenvalue weighted by Crippen LogP contribution is -2.33. The molecule has 23 heavy (non-hydrogen) atoms. The second-order valence-corrected chi connectivity index (χ2v) is 5.86. The van der Waals surface area contributed by atoms with Crippen molar-refractivity contribution >= 4 is 17.5 Å². The fraction of sp³-hybridized carbons (Fsp3) is 0.312. The summed E-state index contributed by atoms with van der Waals surface area (Å²) in [6.45, 7) is 0.569. The van der Waals surface area contributed by atoms with Gasteiger partial charge in [0, 0.05) is 29.0 Å². The van der Waals surface area contributed by atoms with Crippen LogP contribution in [0.4, 0.5) is 4.39 Å². The predicted molar refractivity (Wildman–Crippen MR) is 83.7 cm³/mol. The highest BCUT2D eigenvalue weighted by Gasteiger charge is 2.31. The van der Waals surface area contributed by atoms with Crippen molar-refractivity contribution in [1.82, 2.24) is 14.9 Å². The van der Waals surface area contributed by atoms with Crippen LogP contribution >= 0.6 is 11.6 Å². The van der Waals surface area contributed by atoms with E-state index >= 15 is 0 Å². The van der Waals surface area contributed by atoms with Crippen LogP contribution in [-0.4, -0.2) is 27.3 Å². The van der Waals surface area contributed by atoms with E-state index in [1.165, 1.54) is 18.3 Å². The zero-order chi connectivity index (χ0) is 16.4. The van der Waals surface area contributed by atoms with E-state index in [1.54, 1.807) is 17.0 Å². The average molecular weight is 336 g/mol. The Morgan fingerprint density at radius 2 is 2.26 bits per heavy atom. The average Bonchev–Trinajstić information content (AvgIpc) is 3.00. The third kappa shape index (κ3) is 3.27. The summed E-state index contributed by atoms with van der Waals surface area (Å²) >= 11 is 5.99. The van der Waals surface area contributed by atoms with Gasteiger partial charge in [-0.2, -0.15) is 0 Å². The normalized spacial score (nSPS) is 17.5. The van der Waals surface area contributed by atoms with Crippen molar-refractivity contribution in [3.05, 3.63) is 63.0 Å². The molecular weight excluding hydrogens is 321 g/mol. The van der Waals surface area contributed by atoms with Gasteiger partial charge in [-0.1, -0.05) is 17.7 Å². The Labute approximate surface area is 137 Å². The van der Waals surface area contributed by atoms with Gasteiger partial charge in [0.2, 0.25) is 5.91 Å². The second-order valence-electron chi connectivity index (χ2n) is 5.45. The number of amides is 1. The lowest BCUT2D eigenvalue weighted by molar-refractivity contribution is -0.131. The van der Waals surface area contributed by atoms with Gasteiger partial charge < -0.3 is 9.88 Å². The summed E-state index contributed by atoms with van der Waals surface area (Å²) in [7, 11) is 0. The number of aromatic amines is 1. The molecule has 1 fully saturated rings. The Bertz CT molecular complexity index is 773. The van der Waals surface area contributed by atoms with Crippen molar-refractivity contribution in [2.45, 2.75) is 25.3 Å². The van der Waals surface area contributed by atoms with Crippen molar-refractivity contribution in [1.29, 1.82) is 0 Å². The van der Waals surface area contributed by atoms with Gasteiger partial charge in [-0.05, 0) is 31.0 Å². The fourth-order valence-corrected chi connectivity index (χ4v) is 3.15. The van der Waals surface area contributed by atoms with E-state index in [-0.39, 0.29) is 29.0 Å². The maximum Gasteiger partial charge on any atom is 0.345 e. The van der Waals surface area contributed by atoms with Crippen molar-refractivity contribution in [2.75, 3.05) is 6.54 Å². The number of rotatable bonds is 3. The van der Waals surface area contributed by atoms with Crippen LogP contribution < -0.4 is 5.69 Å². The highest BCUT2D eigenvalue weighted by atomic mass is 35.5. The second kappa shape index (κ2) is 6.50. The predicted octanol–water partition coefficient (Wildman–Crippen LogP) is 2.47. The molecule has 1 atom stereocenters. The molecular formula is C16H15ClFN3O2. The maximum absolute atomic E-state index is 13.9. The topological polar surface area (TPSA) is 66.1 Å². The van der Waals surface area contributed by atoms with Crippen LogP contribution in [0, 0.1) is 5.82 Å². The van der Waals surface area contributed by atoms with Gasteiger partial charge in [-0.15, -0.1) is 0 Å². The Balaban J connectivity index is 1.83. The highest BCUT2D eigenvalue weighted by molar-refractivity contribution is 6.31. The van der Waals surface area contributed by atoms with Crippen LogP contribution in [0.5, 0.6) is 0 Å². The molecule has 1 aliphatic rings. The number of likely N-dealkylation sites (tertiary alicyclic amines) is 1. The summed E-state index contributed by atoms with van der Waals surface area (Å²) in [5, 5.41) is 0.242. The first-order valence-electron chi connectivity index (χ1n) is 7.34. The molecule has 7 heteroatoms. The molecule has 0 unspecified atom stereocenters. The van der Waals surface area contributed by atoms with Crippen LogP contribution in [0.1, 0.15) is 30.1 Å². The molecule has 120 valence electrons. The molecule has 1 saturated heterocycles. The summed E-state index contributed by atoms with van der Waals surface area (Å²) < 4.78 is 13.9. The smallest absolute Gasteiger partial charge is 0.334 e. The van der Waals surface area contributed by atoms with Gasteiger partial charge in [0.15, 0.2) is 0 Å². The molecule has 0 saturated carbocycles. The van der Waals surface area contributed by atoms with Crippen LogP contribution in [0.3, 0.4) is 0 Å². The Kier molecular flexibility index (Phi) is 4.43. The molecule has 1 N–H and O–H groups in total. The molecule has 0 radical (unpaired) electrons. The summed E-state index contributed by atoms with van der Waals surface area (Å²) in [5.41, 5.74) is 0.405. The number of nitrogens with one attached hydrogen (secondary N) is 1. The molecule has 3 rings (SSSR count). The van der Waals surface area contributed by atoms with Crippen molar-refractivity contribution in [2.24, 2.45) is 0 Å². The Morgan fingerprint density at radius 1 is 1.43 bits per heavy atom. The van der Waals surface area contributed by atoms with E-state index in [0.29, 0.717) is 12.2 Å². The molecule has 0 bridgehead atoms. The number of aromatic nitrogens is 2.